The molecule has 0 amide bonds. The van der Waals surface area contributed by atoms with E-state index in [0.29, 0.717) is 6.04 Å². The number of hydrogen-bond donors (Lipinski definition) is 2. The molecule has 1 heterocycles. The van der Waals surface area contributed by atoms with Crippen LogP contribution in [0.3, 0.4) is 0 Å². The predicted octanol–water partition coefficient (Wildman–Crippen LogP) is 2.16. The monoisotopic (exact) mass is 298 g/mol. The minimum atomic E-state index is -0.0942. The van der Waals surface area contributed by atoms with Crippen molar-refractivity contribution in [2.24, 2.45) is 0 Å². The van der Waals surface area contributed by atoms with Gasteiger partial charge in [-0.25, -0.2) is 0 Å². The summed E-state index contributed by atoms with van der Waals surface area (Å²) in [6.07, 6.45) is 4.41. The molecule has 1 saturated heterocycles. The maximum absolute atomic E-state index is 9.86. The lowest BCUT2D eigenvalue weighted by atomic mass is 9.95. The first-order chi connectivity index (χ1) is 9.71. The number of nitrogens with one attached hydrogen (secondary N) is 1. The summed E-state index contributed by atoms with van der Waals surface area (Å²) in [6, 6.07) is 0.559. The van der Waals surface area contributed by atoms with Gasteiger partial charge in [-0.05, 0) is 59.9 Å². The van der Waals surface area contributed by atoms with Crippen LogP contribution in [0.25, 0.3) is 0 Å². The highest BCUT2D eigenvalue weighted by Crippen LogP contribution is 2.37. The van der Waals surface area contributed by atoms with Crippen molar-refractivity contribution in [3.63, 3.8) is 0 Å². The van der Waals surface area contributed by atoms with Crippen LogP contribution in [0.5, 0.6) is 0 Å². The third kappa shape index (κ3) is 4.19. The van der Waals surface area contributed by atoms with Crippen LogP contribution in [-0.2, 0) is 4.74 Å². The number of hydrogen-bond acceptors (Lipinski definition) is 4. The van der Waals surface area contributed by atoms with E-state index in [1.165, 1.54) is 6.42 Å². The Morgan fingerprint density at radius 2 is 1.81 bits per heavy atom. The van der Waals surface area contributed by atoms with Crippen molar-refractivity contribution in [2.45, 2.75) is 83.1 Å². The minimum absolute atomic E-state index is 0.0622. The molecule has 2 N–H and O–H groups in total. The molecule has 0 aromatic heterocycles. The Kier molecular flexibility index (Phi) is 5.04. The molecular formula is C17H34N2O2. The molecule has 124 valence electrons. The second-order valence-electron chi connectivity index (χ2n) is 8.29. The minimum Gasteiger partial charge on any atom is -0.394 e. The number of aliphatic hydroxyl groups excluding tert-OH is 1. The van der Waals surface area contributed by atoms with E-state index >= 15 is 0 Å². The van der Waals surface area contributed by atoms with Crippen molar-refractivity contribution in [1.82, 2.24) is 10.2 Å². The Labute approximate surface area is 130 Å². The second-order valence-corrected chi connectivity index (χ2v) is 8.29. The van der Waals surface area contributed by atoms with Gasteiger partial charge in [-0.15, -0.1) is 0 Å². The fourth-order valence-corrected chi connectivity index (χ4v) is 4.26. The van der Waals surface area contributed by atoms with Crippen LogP contribution >= 0.6 is 0 Å². The van der Waals surface area contributed by atoms with Crippen LogP contribution in [0.2, 0.25) is 0 Å². The summed E-state index contributed by atoms with van der Waals surface area (Å²) in [6.45, 7) is 14.1. The van der Waals surface area contributed by atoms with Gasteiger partial charge < -0.3 is 15.2 Å². The Morgan fingerprint density at radius 3 is 2.33 bits per heavy atom. The van der Waals surface area contributed by atoms with Gasteiger partial charge in [0.25, 0.3) is 0 Å². The van der Waals surface area contributed by atoms with E-state index in [-0.39, 0.29) is 23.3 Å². The molecule has 2 unspecified atom stereocenters. The van der Waals surface area contributed by atoms with Crippen LogP contribution in [0.1, 0.15) is 60.3 Å². The predicted molar refractivity (Wildman–Crippen MR) is 86.6 cm³/mol. The van der Waals surface area contributed by atoms with Gasteiger partial charge in [0, 0.05) is 24.7 Å². The highest BCUT2D eigenvalue weighted by molar-refractivity contribution is 5.02. The van der Waals surface area contributed by atoms with Crippen molar-refractivity contribution in [1.29, 1.82) is 0 Å². The fraction of sp³-hybridized carbons (Fsp3) is 1.00. The maximum Gasteiger partial charge on any atom is 0.0760 e. The molecule has 4 nitrogen and oxygen atoms in total. The molecule has 0 bridgehead atoms. The zero-order chi connectivity index (χ0) is 15.7. The van der Waals surface area contributed by atoms with E-state index < -0.39 is 0 Å². The quantitative estimate of drug-likeness (QED) is 0.816. The molecule has 1 aliphatic carbocycles. The van der Waals surface area contributed by atoms with Crippen molar-refractivity contribution in [3.05, 3.63) is 0 Å². The SMILES string of the molecule is CCCNC1(CO)CCC(N2CC(C)(C)OC(C)(C)C2)C1. The van der Waals surface area contributed by atoms with Crippen LogP contribution in [0.15, 0.2) is 0 Å². The van der Waals surface area contributed by atoms with E-state index in [9.17, 15) is 5.11 Å². The summed E-state index contributed by atoms with van der Waals surface area (Å²) in [5, 5.41) is 13.5. The number of nitrogens with zero attached hydrogens (tertiary/aromatic N) is 1. The molecule has 2 atom stereocenters. The summed E-state index contributed by atoms with van der Waals surface area (Å²) in [5.74, 6) is 0. The first-order valence-corrected chi connectivity index (χ1v) is 8.51. The molecule has 0 aromatic carbocycles. The second kappa shape index (κ2) is 6.15. The summed E-state index contributed by atoms with van der Waals surface area (Å²) < 4.78 is 6.19. The molecule has 2 aliphatic rings. The topological polar surface area (TPSA) is 44.7 Å². The Balaban J connectivity index is 2.03. The van der Waals surface area contributed by atoms with Gasteiger partial charge in [0.2, 0.25) is 0 Å². The average molecular weight is 298 g/mol. The number of ether oxygens (including phenoxy) is 1. The molecule has 2 fully saturated rings. The molecule has 4 heteroatoms. The molecule has 1 aliphatic heterocycles. The number of rotatable bonds is 5. The van der Waals surface area contributed by atoms with Gasteiger partial charge in [-0.3, -0.25) is 4.90 Å². The molecule has 2 rings (SSSR count). The third-order valence-electron chi connectivity index (χ3n) is 4.87. The highest BCUT2D eigenvalue weighted by Gasteiger charge is 2.45. The summed E-state index contributed by atoms with van der Waals surface area (Å²) in [5.41, 5.74) is -0.251. The van der Waals surface area contributed by atoms with E-state index in [2.05, 4.69) is 44.8 Å². The zero-order valence-corrected chi connectivity index (χ0v) is 14.5. The van der Waals surface area contributed by atoms with Gasteiger partial charge >= 0.3 is 0 Å². The van der Waals surface area contributed by atoms with Gasteiger partial charge in [-0.2, -0.15) is 0 Å². The maximum atomic E-state index is 9.86. The lowest BCUT2D eigenvalue weighted by Crippen LogP contribution is -2.60. The lowest BCUT2D eigenvalue weighted by Gasteiger charge is -2.49. The molecular weight excluding hydrogens is 264 g/mol. The third-order valence-corrected chi connectivity index (χ3v) is 4.87. The van der Waals surface area contributed by atoms with Gasteiger partial charge in [0.15, 0.2) is 0 Å². The highest BCUT2D eigenvalue weighted by atomic mass is 16.5. The molecule has 21 heavy (non-hydrogen) atoms. The Hall–Kier alpha value is -0.160. The Morgan fingerprint density at radius 1 is 1.19 bits per heavy atom. The van der Waals surface area contributed by atoms with Crippen LogP contribution < -0.4 is 5.32 Å². The van der Waals surface area contributed by atoms with Crippen molar-refractivity contribution >= 4 is 0 Å². The molecule has 0 spiro atoms. The van der Waals surface area contributed by atoms with Crippen molar-refractivity contribution in [2.75, 3.05) is 26.2 Å². The smallest absolute Gasteiger partial charge is 0.0760 e. The van der Waals surface area contributed by atoms with E-state index in [1.807, 2.05) is 0 Å². The van der Waals surface area contributed by atoms with Gasteiger partial charge in [0.1, 0.15) is 0 Å². The zero-order valence-electron chi connectivity index (χ0n) is 14.5. The van der Waals surface area contributed by atoms with Gasteiger partial charge in [0.05, 0.1) is 17.8 Å². The summed E-state index contributed by atoms with van der Waals surface area (Å²) in [7, 11) is 0. The number of aliphatic hydroxyl groups is 1. The average Bonchev–Trinajstić information content (AvgIpc) is 2.78. The van der Waals surface area contributed by atoms with E-state index in [4.69, 9.17) is 4.74 Å². The van der Waals surface area contributed by atoms with Crippen LogP contribution in [-0.4, -0.2) is 59.0 Å². The molecule has 0 aromatic rings. The first-order valence-electron chi connectivity index (χ1n) is 8.51. The van der Waals surface area contributed by atoms with E-state index in [0.717, 1.165) is 38.9 Å². The standard InChI is InChI=1S/C17H34N2O2/c1-6-9-18-17(13-20)8-7-14(10-17)19-11-15(2,3)21-16(4,5)12-19/h14,18,20H,6-13H2,1-5H3. The Bertz CT molecular complexity index is 341. The molecule has 1 saturated carbocycles. The number of morpholine rings is 1. The fourth-order valence-electron chi connectivity index (χ4n) is 4.26. The van der Waals surface area contributed by atoms with Crippen molar-refractivity contribution in [3.8, 4) is 0 Å². The normalized spacial score (nSPS) is 36.0. The largest absolute Gasteiger partial charge is 0.394 e. The van der Waals surface area contributed by atoms with Crippen LogP contribution in [0, 0.1) is 0 Å². The molecule has 0 radical (unpaired) electrons. The summed E-state index contributed by atoms with van der Waals surface area (Å²) in [4.78, 5) is 2.59. The summed E-state index contributed by atoms with van der Waals surface area (Å²) >= 11 is 0. The first kappa shape index (κ1) is 17.2. The van der Waals surface area contributed by atoms with E-state index in [1.54, 1.807) is 0 Å². The van der Waals surface area contributed by atoms with Crippen LogP contribution in [0.4, 0.5) is 0 Å². The van der Waals surface area contributed by atoms with Crippen molar-refractivity contribution < 1.29 is 9.84 Å². The van der Waals surface area contributed by atoms with Gasteiger partial charge in [-0.1, -0.05) is 6.92 Å². The lowest BCUT2D eigenvalue weighted by molar-refractivity contribution is -0.187.